The number of likely N-dealkylation sites (tertiary alicyclic amines) is 2. The fourth-order valence-electron chi connectivity index (χ4n) is 5.70. The standard InChI is InChI=1S/C23H40N6/c1-5-20-15-26(4)16-21(6-2)29(20)22-24-12-19(13-25-22)14-28-10-8-23(9-11-28)17-27(7-3)18-23/h12-13,20-21H,5-11,14-18H2,1-4H3. The summed E-state index contributed by atoms with van der Waals surface area (Å²) in [6, 6.07) is 1.01. The first-order chi connectivity index (χ1) is 14.1. The number of likely N-dealkylation sites (N-methyl/N-ethyl adjacent to an activating group) is 1. The average Bonchev–Trinajstić information content (AvgIpc) is 2.72. The van der Waals surface area contributed by atoms with Crippen molar-refractivity contribution in [2.75, 3.05) is 57.8 Å². The Morgan fingerprint density at radius 1 is 0.931 bits per heavy atom. The van der Waals surface area contributed by atoms with Gasteiger partial charge in [-0.3, -0.25) is 4.90 Å². The lowest BCUT2D eigenvalue weighted by Crippen LogP contribution is -2.59. The molecule has 3 saturated heterocycles. The topological polar surface area (TPSA) is 38.7 Å². The number of nitrogens with zero attached hydrogens (tertiary/aromatic N) is 6. The lowest BCUT2D eigenvalue weighted by Gasteiger charge is -2.54. The monoisotopic (exact) mass is 400 g/mol. The molecule has 1 spiro atoms. The van der Waals surface area contributed by atoms with Crippen LogP contribution >= 0.6 is 0 Å². The Morgan fingerprint density at radius 2 is 1.52 bits per heavy atom. The van der Waals surface area contributed by atoms with Crippen LogP contribution in [0.15, 0.2) is 12.4 Å². The summed E-state index contributed by atoms with van der Waals surface area (Å²) in [6.45, 7) is 16.3. The van der Waals surface area contributed by atoms with E-state index in [4.69, 9.17) is 9.97 Å². The molecule has 3 aliphatic heterocycles. The van der Waals surface area contributed by atoms with Crippen LogP contribution in [-0.4, -0.2) is 89.6 Å². The Bertz CT molecular complexity index is 632. The van der Waals surface area contributed by atoms with Gasteiger partial charge in [0.1, 0.15) is 0 Å². The third-order valence-corrected chi connectivity index (χ3v) is 7.58. The van der Waals surface area contributed by atoms with E-state index in [1.54, 1.807) is 0 Å². The summed E-state index contributed by atoms with van der Waals surface area (Å²) in [5, 5.41) is 0. The average molecular weight is 401 g/mol. The molecule has 0 radical (unpaired) electrons. The molecule has 0 saturated carbocycles. The molecule has 0 aliphatic carbocycles. The van der Waals surface area contributed by atoms with Gasteiger partial charge >= 0.3 is 0 Å². The summed E-state index contributed by atoms with van der Waals surface area (Å²) in [5.41, 5.74) is 1.88. The van der Waals surface area contributed by atoms with Gasteiger partial charge < -0.3 is 14.7 Å². The third kappa shape index (κ3) is 4.44. The number of rotatable bonds is 6. The second-order valence-corrected chi connectivity index (χ2v) is 9.72. The number of piperazine rings is 1. The minimum Gasteiger partial charge on any atom is -0.332 e. The highest BCUT2D eigenvalue weighted by atomic mass is 15.4. The lowest BCUT2D eigenvalue weighted by atomic mass is 9.72. The molecule has 2 unspecified atom stereocenters. The van der Waals surface area contributed by atoms with Gasteiger partial charge in [-0.25, -0.2) is 9.97 Å². The van der Waals surface area contributed by atoms with Crippen LogP contribution in [0, 0.1) is 5.41 Å². The van der Waals surface area contributed by atoms with Gasteiger partial charge in [0.15, 0.2) is 0 Å². The highest BCUT2D eigenvalue weighted by Crippen LogP contribution is 2.40. The molecule has 1 aromatic heterocycles. The zero-order chi connectivity index (χ0) is 20.4. The van der Waals surface area contributed by atoms with Crippen LogP contribution < -0.4 is 4.90 Å². The maximum absolute atomic E-state index is 4.83. The molecule has 4 rings (SSSR count). The highest BCUT2D eigenvalue weighted by Gasteiger charge is 2.43. The smallest absolute Gasteiger partial charge is 0.225 e. The van der Waals surface area contributed by atoms with Crippen molar-refractivity contribution >= 4 is 5.95 Å². The molecule has 2 atom stereocenters. The minimum atomic E-state index is 0.507. The van der Waals surface area contributed by atoms with E-state index < -0.39 is 0 Å². The number of hydrogen-bond acceptors (Lipinski definition) is 6. The molecular formula is C23H40N6. The van der Waals surface area contributed by atoms with Crippen molar-refractivity contribution in [3.63, 3.8) is 0 Å². The Hall–Kier alpha value is -1.24. The second kappa shape index (κ2) is 8.86. The molecule has 6 nitrogen and oxygen atoms in total. The molecule has 162 valence electrons. The first-order valence-electron chi connectivity index (χ1n) is 11.8. The zero-order valence-electron chi connectivity index (χ0n) is 19.0. The highest BCUT2D eigenvalue weighted by molar-refractivity contribution is 5.35. The third-order valence-electron chi connectivity index (χ3n) is 7.58. The Morgan fingerprint density at radius 3 is 2.03 bits per heavy atom. The molecule has 0 bridgehead atoms. The molecule has 0 amide bonds. The van der Waals surface area contributed by atoms with Crippen LogP contribution in [-0.2, 0) is 6.54 Å². The van der Waals surface area contributed by atoms with Crippen LogP contribution in [0.3, 0.4) is 0 Å². The SMILES string of the molecule is CCC1CN(C)CC(CC)N1c1ncc(CN2CCC3(CC2)CN(CC)C3)cn1. The van der Waals surface area contributed by atoms with Crippen molar-refractivity contribution < 1.29 is 0 Å². The first kappa shape index (κ1) is 21.0. The molecule has 6 heteroatoms. The van der Waals surface area contributed by atoms with Gasteiger partial charge in [0, 0.05) is 62.8 Å². The maximum Gasteiger partial charge on any atom is 0.225 e. The predicted octanol–water partition coefficient (Wildman–Crippen LogP) is 2.70. The summed E-state index contributed by atoms with van der Waals surface area (Å²) < 4.78 is 0. The molecule has 1 aromatic rings. The summed E-state index contributed by atoms with van der Waals surface area (Å²) >= 11 is 0. The Labute approximate surface area is 177 Å². The quantitative estimate of drug-likeness (QED) is 0.731. The summed E-state index contributed by atoms with van der Waals surface area (Å²) in [4.78, 5) is 19.8. The number of aromatic nitrogens is 2. The molecule has 3 aliphatic rings. The molecular weight excluding hydrogens is 360 g/mol. The van der Waals surface area contributed by atoms with Gasteiger partial charge in [-0.05, 0) is 57.8 Å². The van der Waals surface area contributed by atoms with Crippen molar-refractivity contribution in [3.8, 4) is 0 Å². The van der Waals surface area contributed by atoms with Crippen LogP contribution in [0.2, 0.25) is 0 Å². The van der Waals surface area contributed by atoms with Gasteiger partial charge in [-0.2, -0.15) is 0 Å². The second-order valence-electron chi connectivity index (χ2n) is 9.72. The van der Waals surface area contributed by atoms with E-state index in [1.807, 2.05) is 0 Å². The van der Waals surface area contributed by atoms with Crippen molar-refractivity contribution in [1.29, 1.82) is 0 Å². The summed E-state index contributed by atoms with van der Waals surface area (Å²) in [5.74, 6) is 0.923. The molecule has 4 heterocycles. The molecule has 29 heavy (non-hydrogen) atoms. The molecule has 3 fully saturated rings. The molecule has 0 aromatic carbocycles. The lowest BCUT2D eigenvalue weighted by molar-refractivity contribution is -0.0447. The van der Waals surface area contributed by atoms with Gasteiger partial charge in [0.2, 0.25) is 5.95 Å². The predicted molar refractivity (Wildman–Crippen MR) is 119 cm³/mol. The Balaban J connectivity index is 1.34. The fourth-order valence-corrected chi connectivity index (χ4v) is 5.70. The van der Waals surface area contributed by atoms with Crippen molar-refractivity contribution in [3.05, 3.63) is 18.0 Å². The van der Waals surface area contributed by atoms with E-state index >= 15 is 0 Å². The van der Waals surface area contributed by atoms with E-state index in [-0.39, 0.29) is 0 Å². The van der Waals surface area contributed by atoms with Crippen LogP contribution in [0.4, 0.5) is 5.95 Å². The summed E-state index contributed by atoms with van der Waals surface area (Å²) in [7, 11) is 2.23. The number of anilines is 1. The number of hydrogen-bond donors (Lipinski definition) is 0. The largest absolute Gasteiger partial charge is 0.332 e. The molecule has 0 N–H and O–H groups in total. The first-order valence-corrected chi connectivity index (χ1v) is 11.8. The number of piperidine rings is 1. The van der Waals surface area contributed by atoms with E-state index in [2.05, 4.69) is 59.8 Å². The fraction of sp³-hybridized carbons (Fsp3) is 0.826. The van der Waals surface area contributed by atoms with E-state index in [1.165, 1.54) is 51.1 Å². The van der Waals surface area contributed by atoms with Crippen LogP contribution in [0.25, 0.3) is 0 Å². The summed E-state index contributed by atoms with van der Waals surface area (Å²) in [6.07, 6.45) is 9.12. The Kier molecular flexibility index (Phi) is 6.42. The van der Waals surface area contributed by atoms with Gasteiger partial charge in [0.05, 0.1) is 0 Å². The maximum atomic E-state index is 4.83. The van der Waals surface area contributed by atoms with Gasteiger partial charge in [-0.1, -0.05) is 20.8 Å². The van der Waals surface area contributed by atoms with Crippen molar-refractivity contribution in [1.82, 2.24) is 24.7 Å². The van der Waals surface area contributed by atoms with E-state index in [0.717, 1.165) is 38.4 Å². The van der Waals surface area contributed by atoms with Gasteiger partial charge in [0.25, 0.3) is 0 Å². The minimum absolute atomic E-state index is 0.507. The van der Waals surface area contributed by atoms with Crippen LogP contribution in [0.5, 0.6) is 0 Å². The van der Waals surface area contributed by atoms with Crippen molar-refractivity contribution in [2.24, 2.45) is 5.41 Å². The van der Waals surface area contributed by atoms with Crippen molar-refractivity contribution in [2.45, 2.75) is 65.1 Å². The zero-order valence-corrected chi connectivity index (χ0v) is 19.0. The van der Waals surface area contributed by atoms with E-state index in [9.17, 15) is 0 Å². The normalized spacial score (nSPS) is 28.6. The van der Waals surface area contributed by atoms with E-state index in [0.29, 0.717) is 17.5 Å². The van der Waals surface area contributed by atoms with Gasteiger partial charge in [-0.15, -0.1) is 0 Å². The van der Waals surface area contributed by atoms with Crippen LogP contribution in [0.1, 0.15) is 52.0 Å².